The van der Waals surface area contributed by atoms with Crippen molar-refractivity contribution in [2.24, 2.45) is 13.0 Å². The fourth-order valence-corrected chi connectivity index (χ4v) is 2.98. The Bertz CT molecular complexity index is 734. The molecule has 6 nitrogen and oxygen atoms in total. The molecule has 2 heterocycles. The van der Waals surface area contributed by atoms with Gasteiger partial charge in [0.15, 0.2) is 0 Å². The van der Waals surface area contributed by atoms with E-state index in [1.807, 2.05) is 12.1 Å². The average molecular weight is 315 g/mol. The second kappa shape index (κ2) is 6.81. The van der Waals surface area contributed by atoms with Crippen LogP contribution < -0.4 is 10.9 Å². The van der Waals surface area contributed by atoms with Gasteiger partial charge in [-0.3, -0.25) is 9.59 Å². The number of rotatable bonds is 5. The summed E-state index contributed by atoms with van der Waals surface area (Å²) >= 11 is 0. The maximum Gasteiger partial charge on any atom is 0.266 e. The van der Waals surface area contributed by atoms with Gasteiger partial charge in [0.05, 0.1) is 12.0 Å². The van der Waals surface area contributed by atoms with Crippen molar-refractivity contribution in [1.29, 1.82) is 0 Å². The van der Waals surface area contributed by atoms with E-state index in [-0.39, 0.29) is 17.4 Å². The summed E-state index contributed by atoms with van der Waals surface area (Å²) in [5.74, 6) is 0.934. The first-order valence-electron chi connectivity index (χ1n) is 7.99. The average Bonchev–Trinajstić information content (AvgIpc) is 3.05. The minimum Gasteiger partial charge on any atom is -0.469 e. The fourth-order valence-electron chi connectivity index (χ4n) is 2.98. The third-order valence-electron chi connectivity index (χ3n) is 4.30. The van der Waals surface area contributed by atoms with Gasteiger partial charge in [0.2, 0.25) is 5.91 Å². The number of carbonyl (C=O) groups excluding carboxylic acids is 1. The van der Waals surface area contributed by atoms with Crippen molar-refractivity contribution in [3.05, 3.63) is 51.8 Å². The quantitative estimate of drug-likeness (QED) is 0.842. The molecule has 2 aromatic rings. The molecule has 1 N–H and O–H groups in total. The molecule has 1 aliphatic rings. The molecule has 0 bridgehead atoms. The summed E-state index contributed by atoms with van der Waals surface area (Å²) in [5, 5.41) is 7.26. The lowest BCUT2D eigenvalue weighted by Gasteiger charge is -2.23. The fraction of sp³-hybridized carbons (Fsp3) is 0.471. The zero-order chi connectivity index (χ0) is 16.2. The third kappa shape index (κ3) is 3.70. The van der Waals surface area contributed by atoms with Crippen LogP contribution in [0.25, 0.3) is 0 Å². The van der Waals surface area contributed by atoms with Gasteiger partial charge in [-0.25, -0.2) is 4.68 Å². The molecule has 2 aromatic heterocycles. The first-order valence-corrected chi connectivity index (χ1v) is 7.99. The van der Waals surface area contributed by atoms with Crippen LogP contribution in [0.3, 0.4) is 0 Å². The molecule has 122 valence electrons. The van der Waals surface area contributed by atoms with Crippen molar-refractivity contribution in [3.63, 3.8) is 0 Å². The Hall–Kier alpha value is -2.37. The van der Waals surface area contributed by atoms with Crippen molar-refractivity contribution in [1.82, 2.24) is 15.1 Å². The highest BCUT2D eigenvalue weighted by Crippen LogP contribution is 2.23. The van der Waals surface area contributed by atoms with Gasteiger partial charge in [0, 0.05) is 32.0 Å². The minimum absolute atomic E-state index is 0.0655. The van der Waals surface area contributed by atoms with Gasteiger partial charge in [-0.05, 0) is 43.4 Å². The predicted octanol–water partition coefficient (Wildman–Crippen LogP) is 1.23. The number of aromatic nitrogens is 2. The molecule has 0 fully saturated rings. The van der Waals surface area contributed by atoms with Crippen molar-refractivity contribution >= 4 is 5.91 Å². The number of fused-ring (bicyclic) bond motifs is 1. The Morgan fingerprint density at radius 3 is 3.17 bits per heavy atom. The summed E-state index contributed by atoms with van der Waals surface area (Å²) in [4.78, 5) is 24.0. The lowest BCUT2D eigenvalue weighted by atomic mass is 9.86. The number of nitrogens with zero attached hydrogens (tertiary/aromatic N) is 2. The molecule has 0 aliphatic heterocycles. The van der Waals surface area contributed by atoms with E-state index in [4.69, 9.17) is 4.42 Å². The number of aryl methyl sites for hydroxylation is 3. The number of carbonyl (C=O) groups is 1. The highest BCUT2D eigenvalue weighted by atomic mass is 16.3. The van der Waals surface area contributed by atoms with Gasteiger partial charge in [-0.2, -0.15) is 5.10 Å². The van der Waals surface area contributed by atoms with Crippen LogP contribution in [0, 0.1) is 5.92 Å². The number of hydrogen-bond donors (Lipinski definition) is 1. The molecule has 23 heavy (non-hydrogen) atoms. The van der Waals surface area contributed by atoms with Crippen molar-refractivity contribution in [2.75, 3.05) is 6.54 Å². The van der Waals surface area contributed by atoms with E-state index in [1.165, 1.54) is 4.68 Å². The van der Waals surface area contributed by atoms with E-state index in [0.717, 1.165) is 42.7 Å². The summed E-state index contributed by atoms with van der Waals surface area (Å²) in [6.45, 7) is 0.637. The molecule has 1 aliphatic carbocycles. The molecule has 0 saturated heterocycles. The van der Waals surface area contributed by atoms with Gasteiger partial charge in [-0.15, -0.1) is 0 Å². The van der Waals surface area contributed by atoms with E-state index in [1.54, 1.807) is 19.4 Å². The molecule has 3 rings (SSSR count). The second-order valence-corrected chi connectivity index (χ2v) is 5.99. The van der Waals surface area contributed by atoms with Crippen LogP contribution in [0.15, 0.2) is 33.7 Å². The molecule has 6 heteroatoms. The zero-order valence-corrected chi connectivity index (χ0v) is 13.2. The molecule has 0 radical (unpaired) electrons. The van der Waals surface area contributed by atoms with Gasteiger partial charge < -0.3 is 9.73 Å². The van der Waals surface area contributed by atoms with Crippen LogP contribution in [0.1, 0.15) is 29.9 Å². The normalized spacial score (nSPS) is 16.8. The summed E-state index contributed by atoms with van der Waals surface area (Å²) in [7, 11) is 1.65. The lowest BCUT2D eigenvalue weighted by molar-refractivity contribution is -0.125. The van der Waals surface area contributed by atoms with Crippen LogP contribution in [0.2, 0.25) is 0 Å². The van der Waals surface area contributed by atoms with E-state index >= 15 is 0 Å². The summed E-state index contributed by atoms with van der Waals surface area (Å²) in [5.41, 5.74) is 1.73. The molecule has 0 aromatic carbocycles. The molecular weight excluding hydrogens is 294 g/mol. The van der Waals surface area contributed by atoms with Crippen molar-refractivity contribution in [3.8, 4) is 0 Å². The summed E-state index contributed by atoms with van der Waals surface area (Å²) < 4.78 is 6.62. The van der Waals surface area contributed by atoms with Gasteiger partial charge in [-0.1, -0.05) is 0 Å². The Balaban J connectivity index is 1.50. The Kier molecular flexibility index (Phi) is 4.60. The monoisotopic (exact) mass is 315 g/mol. The van der Waals surface area contributed by atoms with Gasteiger partial charge in [0.1, 0.15) is 5.76 Å². The molecular formula is C17H21N3O3. The van der Waals surface area contributed by atoms with Crippen LogP contribution in [0.4, 0.5) is 0 Å². The Morgan fingerprint density at radius 2 is 2.39 bits per heavy atom. The Morgan fingerprint density at radius 1 is 1.52 bits per heavy atom. The third-order valence-corrected chi connectivity index (χ3v) is 4.30. The first-order chi connectivity index (χ1) is 11.1. The molecule has 1 unspecified atom stereocenters. The van der Waals surface area contributed by atoms with Crippen LogP contribution >= 0.6 is 0 Å². The standard InChI is InChI=1S/C17H21N3O3/c1-20-16(21)11-13-10-12(6-7-15(13)19-20)17(22)18-8-2-4-14-5-3-9-23-14/h3,5,9,11-12H,2,4,6-8,10H2,1H3,(H,18,22). The van der Waals surface area contributed by atoms with E-state index in [0.29, 0.717) is 13.0 Å². The SMILES string of the molecule is Cn1nc2c(cc1=O)CC(C(=O)NCCCc1ccco1)CC2. The maximum absolute atomic E-state index is 12.3. The Labute approximate surface area is 134 Å². The number of hydrogen-bond acceptors (Lipinski definition) is 4. The maximum atomic E-state index is 12.3. The number of furan rings is 1. The topological polar surface area (TPSA) is 77.1 Å². The first kappa shape index (κ1) is 15.5. The second-order valence-electron chi connectivity index (χ2n) is 5.99. The summed E-state index contributed by atoms with van der Waals surface area (Å²) in [6, 6.07) is 5.41. The minimum atomic E-state index is -0.122. The van der Waals surface area contributed by atoms with Crippen molar-refractivity contribution in [2.45, 2.75) is 32.1 Å². The lowest BCUT2D eigenvalue weighted by Crippen LogP contribution is -2.36. The number of amides is 1. The van der Waals surface area contributed by atoms with E-state index in [2.05, 4.69) is 10.4 Å². The highest BCUT2D eigenvalue weighted by molar-refractivity contribution is 5.79. The largest absolute Gasteiger partial charge is 0.469 e. The predicted molar refractivity (Wildman–Crippen MR) is 85.0 cm³/mol. The molecule has 0 spiro atoms. The molecule has 1 amide bonds. The number of nitrogens with one attached hydrogen (secondary N) is 1. The van der Waals surface area contributed by atoms with Crippen molar-refractivity contribution < 1.29 is 9.21 Å². The van der Waals surface area contributed by atoms with Crippen LogP contribution in [-0.2, 0) is 31.1 Å². The zero-order valence-electron chi connectivity index (χ0n) is 13.2. The van der Waals surface area contributed by atoms with E-state index in [9.17, 15) is 9.59 Å². The molecule has 1 atom stereocenters. The van der Waals surface area contributed by atoms with Crippen LogP contribution in [0.5, 0.6) is 0 Å². The van der Waals surface area contributed by atoms with Crippen LogP contribution in [-0.4, -0.2) is 22.2 Å². The molecule has 0 saturated carbocycles. The highest BCUT2D eigenvalue weighted by Gasteiger charge is 2.25. The van der Waals surface area contributed by atoms with Gasteiger partial charge >= 0.3 is 0 Å². The van der Waals surface area contributed by atoms with Gasteiger partial charge in [0.25, 0.3) is 5.56 Å². The smallest absolute Gasteiger partial charge is 0.266 e. The summed E-state index contributed by atoms with van der Waals surface area (Å²) in [6.07, 6.45) is 5.45. The van der Waals surface area contributed by atoms with E-state index < -0.39 is 0 Å².